The van der Waals surface area contributed by atoms with Crippen LogP contribution in [-0.2, 0) is 21.8 Å². The molecule has 3 aromatic rings. The Kier molecular flexibility index (Phi) is 6.02. The molecule has 5 nitrogen and oxygen atoms in total. The van der Waals surface area contributed by atoms with Crippen molar-refractivity contribution in [1.29, 1.82) is 0 Å². The maximum absolute atomic E-state index is 13.0. The van der Waals surface area contributed by atoms with Gasteiger partial charge in [0, 0.05) is 24.0 Å². The van der Waals surface area contributed by atoms with Gasteiger partial charge in [-0.25, -0.2) is 8.42 Å². The predicted molar refractivity (Wildman–Crippen MR) is 105 cm³/mol. The van der Waals surface area contributed by atoms with Crippen molar-refractivity contribution in [3.8, 4) is 22.6 Å². The third-order valence-electron chi connectivity index (χ3n) is 4.40. The molecular formula is C21H18F3NO4S. The zero-order valence-corrected chi connectivity index (χ0v) is 16.9. The molecule has 0 bridgehead atoms. The van der Waals surface area contributed by atoms with Gasteiger partial charge in [0.2, 0.25) is 0 Å². The molecule has 0 saturated carbocycles. The van der Waals surface area contributed by atoms with Gasteiger partial charge in [0.1, 0.15) is 16.4 Å². The summed E-state index contributed by atoms with van der Waals surface area (Å²) in [6.45, 7) is 0. The summed E-state index contributed by atoms with van der Waals surface area (Å²) < 4.78 is 74.4. The van der Waals surface area contributed by atoms with Gasteiger partial charge in [0.05, 0.1) is 25.5 Å². The number of rotatable bonds is 6. The Bertz CT molecular complexity index is 1140. The minimum absolute atomic E-state index is 0.0238. The number of benzene rings is 2. The van der Waals surface area contributed by atoms with Crippen LogP contribution in [0.4, 0.5) is 13.2 Å². The second-order valence-corrected chi connectivity index (χ2v) is 8.39. The number of halogens is 3. The quantitative estimate of drug-likeness (QED) is 0.556. The van der Waals surface area contributed by atoms with Crippen LogP contribution < -0.4 is 9.47 Å². The molecule has 0 aliphatic heterocycles. The summed E-state index contributed by atoms with van der Waals surface area (Å²) in [6.07, 6.45) is -1.56. The van der Waals surface area contributed by atoms with Gasteiger partial charge in [-0.2, -0.15) is 13.2 Å². The summed E-state index contributed by atoms with van der Waals surface area (Å²) in [7, 11) is -1.01. The highest BCUT2D eigenvalue weighted by atomic mass is 32.2. The molecule has 0 saturated heterocycles. The molecule has 158 valence electrons. The van der Waals surface area contributed by atoms with E-state index in [0.29, 0.717) is 22.4 Å². The van der Waals surface area contributed by atoms with Crippen LogP contribution in [0, 0.1) is 0 Å². The van der Waals surface area contributed by atoms with E-state index in [1.165, 1.54) is 50.9 Å². The number of sulfone groups is 1. The molecule has 0 aliphatic rings. The average molecular weight is 437 g/mol. The maximum atomic E-state index is 13.0. The molecule has 0 atom stereocenters. The van der Waals surface area contributed by atoms with E-state index in [4.69, 9.17) is 9.47 Å². The van der Waals surface area contributed by atoms with Gasteiger partial charge in [-0.3, -0.25) is 4.98 Å². The maximum Gasteiger partial charge on any atom is 0.416 e. The van der Waals surface area contributed by atoms with Gasteiger partial charge in [0.15, 0.2) is 9.84 Å². The van der Waals surface area contributed by atoms with Crippen LogP contribution in [0.15, 0.2) is 65.8 Å². The average Bonchev–Trinajstić information content (AvgIpc) is 2.72. The Morgan fingerprint density at radius 2 is 1.60 bits per heavy atom. The summed E-state index contributed by atoms with van der Waals surface area (Å²) >= 11 is 0. The van der Waals surface area contributed by atoms with E-state index >= 15 is 0 Å². The first kappa shape index (κ1) is 21.6. The molecule has 0 N–H and O–H groups in total. The smallest absolute Gasteiger partial charge is 0.416 e. The first-order valence-corrected chi connectivity index (χ1v) is 10.4. The molecule has 1 heterocycles. The lowest BCUT2D eigenvalue weighted by atomic mass is 10.0. The molecule has 0 radical (unpaired) electrons. The van der Waals surface area contributed by atoms with Crippen molar-refractivity contribution >= 4 is 9.84 Å². The number of hydrogen-bond acceptors (Lipinski definition) is 5. The van der Waals surface area contributed by atoms with Crippen LogP contribution in [-0.4, -0.2) is 27.6 Å². The number of hydrogen-bond donors (Lipinski definition) is 0. The molecule has 0 amide bonds. The van der Waals surface area contributed by atoms with Crippen molar-refractivity contribution in [1.82, 2.24) is 4.98 Å². The number of pyridine rings is 1. The Hall–Kier alpha value is -3.07. The highest BCUT2D eigenvalue weighted by molar-refractivity contribution is 7.90. The molecule has 0 aliphatic carbocycles. The third-order valence-corrected chi connectivity index (χ3v) is 6.11. The summed E-state index contributed by atoms with van der Waals surface area (Å²) in [4.78, 5) is 4.02. The number of alkyl halides is 3. The van der Waals surface area contributed by atoms with E-state index in [1.807, 2.05) is 0 Å². The number of aromatic nitrogens is 1. The summed E-state index contributed by atoms with van der Waals surface area (Å²) in [5.74, 6) is 0.187. The fraction of sp³-hybridized carbons (Fsp3) is 0.190. The highest BCUT2D eigenvalue weighted by Gasteiger charge is 2.30. The van der Waals surface area contributed by atoms with Gasteiger partial charge in [-0.15, -0.1) is 0 Å². The molecular weight excluding hydrogens is 419 g/mol. The fourth-order valence-electron chi connectivity index (χ4n) is 2.90. The van der Waals surface area contributed by atoms with Gasteiger partial charge < -0.3 is 9.47 Å². The zero-order chi connectivity index (χ0) is 21.9. The highest BCUT2D eigenvalue weighted by Crippen LogP contribution is 2.32. The van der Waals surface area contributed by atoms with E-state index in [0.717, 1.165) is 12.1 Å². The topological polar surface area (TPSA) is 65.5 Å². The monoisotopic (exact) mass is 437 g/mol. The second-order valence-electron chi connectivity index (χ2n) is 6.43. The van der Waals surface area contributed by atoms with Gasteiger partial charge in [-0.1, -0.05) is 12.1 Å². The van der Waals surface area contributed by atoms with Crippen LogP contribution in [0.5, 0.6) is 11.5 Å². The van der Waals surface area contributed by atoms with E-state index < -0.39 is 21.6 Å². The summed E-state index contributed by atoms with van der Waals surface area (Å²) in [6, 6.07) is 10.6. The minimum Gasteiger partial charge on any atom is -0.497 e. The Morgan fingerprint density at radius 3 is 2.20 bits per heavy atom. The second kappa shape index (κ2) is 8.35. The molecule has 3 rings (SSSR count). The predicted octanol–water partition coefficient (Wildman–Crippen LogP) is 4.76. The Labute approximate surface area is 172 Å². The van der Waals surface area contributed by atoms with Gasteiger partial charge in [0.25, 0.3) is 0 Å². The van der Waals surface area contributed by atoms with Crippen LogP contribution in [0.25, 0.3) is 11.1 Å². The standard InChI is InChI=1S/C21H18F3NO4S/c1-28-18-7-8-19(29-2)20(10-18)30(26,27)13-14-9-16(12-25-11-14)15-3-5-17(6-4-15)21(22,23)24/h3-12H,13H2,1-2H3. The van der Waals surface area contributed by atoms with E-state index in [2.05, 4.69) is 4.98 Å². The SMILES string of the molecule is COc1ccc(OC)c(S(=O)(=O)Cc2cncc(-c3ccc(C(F)(F)F)cc3)c2)c1. The molecule has 9 heteroatoms. The summed E-state index contributed by atoms with van der Waals surface area (Å²) in [5, 5.41) is 0. The Balaban J connectivity index is 1.92. The van der Waals surface area contributed by atoms with Crippen molar-refractivity contribution in [3.63, 3.8) is 0 Å². The molecule has 2 aromatic carbocycles. The fourth-order valence-corrected chi connectivity index (χ4v) is 4.41. The Morgan fingerprint density at radius 1 is 0.900 bits per heavy atom. The lowest BCUT2D eigenvalue weighted by molar-refractivity contribution is -0.137. The molecule has 0 fully saturated rings. The summed E-state index contributed by atoms with van der Waals surface area (Å²) in [5.41, 5.74) is 0.628. The van der Waals surface area contributed by atoms with Crippen LogP contribution in [0.3, 0.4) is 0 Å². The first-order valence-electron chi connectivity index (χ1n) is 8.70. The van der Waals surface area contributed by atoms with Crippen molar-refractivity contribution in [2.24, 2.45) is 0 Å². The van der Waals surface area contributed by atoms with Crippen molar-refractivity contribution < 1.29 is 31.1 Å². The largest absolute Gasteiger partial charge is 0.497 e. The van der Waals surface area contributed by atoms with Crippen LogP contribution in [0.1, 0.15) is 11.1 Å². The number of methoxy groups -OCH3 is 2. The molecule has 30 heavy (non-hydrogen) atoms. The lowest BCUT2D eigenvalue weighted by Crippen LogP contribution is -2.08. The van der Waals surface area contributed by atoms with Crippen molar-refractivity contribution in [3.05, 3.63) is 72.1 Å². The zero-order valence-electron chi connectivity index (χ0n) is 16.1. The normalized spacial score (nSPS) is 11.9. The third kappa shape index (κ3) is 4.73. The van der Waals surface area contributed by atoms with E-state index in [-0.39, 0.29) is 16.4 Å². The molecule has 1 aromatic heterocycles. The number of nitrogens with zero attached hydrogens (tertiary/aromatic N) is 1. The minimum atomic E-state index is -4.43. The molecule has 0 spiro atoms. The van der Waals surface area contributed by atoms with E-state index in [1.54, 1.807) is 12.1 Å². The van der Waals surface area contributed by atoms with Crippen molar-refractivity contribution in [2.75, 3.05) is 14.2 Å². The van der Waals surface area contributed by atoms with Crippen LogP contribution >= 0.6 is 0 Å². The lowest BCUT2D eigenvalue weighted by Gasteiger charge is -2.12. The van der Waals surface area contributed by atoms with E-state index in [9.17, 15) is 21.6 Å². The number of ether oxygens (including phenoxy) is 2. The van der Waals surface area contributed by atoms with Gasteiger partial charge >= 0.3 is 6.18 Å². The van der Waals surface area contributed by atoms with Gasteiger partial charge in [-0.05, 0) is 41.5 Å². The first-order chi connectivity index (χ1) is 14.1. The van der Waals surface area contributed by atoms with Crippen LogP contribution in [0.2, 0.25) is 0 Å². The molecule has 0 unspecified atom stereocenters. The van der Waals surface area contributed by atoms with Crippen molar-refractivity contribution in [2.45, 2.75) is 16.8 Å².